The second-order valence-electron chi connectivity index (χ2n) is 7.88. The number of allylic oxidation sites excluding steroid dienone is 2. The summed E-state index contributed by atoms with van der Waals surface area (Å²) in [6.45, 7) is 11.4. The summed E-state index contributed by atoms with van der Waals surface area (Å²) in [6, 6.07) is 14.9. The molecule has 36 heavy (non-hydrogen) atoms. The normalized spacial score (nSPS) is 11.8. The van der Waals surface area contributed by atoms with Gasteiger partial charge >= 0.3 is 0 Å². The third-order valence-corrected chi connectivity index (χ3v) is 4.94. The molecule has 0 aromatic heterocycles. The maximum Gasteiger partial charge on any atom is 0.200 e. The fourth-order valence-electron chi connectivity index (χ4n) is 3.03. The third-order valence-electron chi connectivity index (χ3n) is 4.94. The minimum Gasteiger partial charge on any atom is -0.506 e. The Morgan fingerprint density at radius 2 is 1.36 bits per heavy atom. The van der Waals surface area contributed by atoms with Crippen LogP contribution >= 0.6 is 0 Å². The number of ether oxygens (including phenoxy) is 1. The number of aliphatic hydroxyl groups is 1. The fourth-order valence-corrected chi connectivity index (χ4v) is 3.03. The van der Waals surface area contributed by atoms with Crippen molar-refractivity contribution in [2.45, 2.75) is 35.1 Å². The minimum atomic E-state index is -0.919. The van der Waals surface area contributed by atoms with Crippen LogP contribution in [0.4, 0.5) is 8.78 Å². The van der Waals surface area contributed by atoms with Crippen molar-refractivity contribution in [2.24, 2.45) is 0 Å². The largest absolute Gasteiger partial charge is 0.506 e. The first kappa shape index (κ1) is 29.9. The van der Waals surface area contributed by atoms with Crippen LogP contribution in [0.3, 0.4) is 0 Å². The predicted molar refractivity (Wildman–Crippen MR) is 138 cm³/mol. The van der Waals surface area contributed by atoms with Crippen molar-refractivity contribution in [1.82, 2.24) is 0 Å². The molecule has 0 amide bonds. The van der Waals surface area contributed by atoms with Gasteiger partial charge in [-0.3, -0.25) is 4.79 Å². The van der Waals surface area contributed by atoms with Gasteiger partial charge in [0, 0.05) is 0 Å². The highest BCUT2D eigenvalue weighted by atomic mass is 19.1. The molecule has 0 saturated heterocycles. The van der Waals surface area contributed by atoms with Gasteiger partial charge in [0.15, 0.2) is 28.9 Å². The van der Waals surface area contributed by atoms with Gasteiger partial charge in [0.2, 0.25) is 5.78 Å². The first-order valence-corrected chi connectivity index (χ1v) is 10.8. The lowest BCUT2D eigenvalue weighted by Crippen LogP contribution is -2.19. The van der Waals surface area contributed by atoms with Crippen LogP contribution in [0.15, 0.2) is 72.5 Å². The molecule has 192 valence electrons. The van der Waals surface area contributed by atoms with Crippen LogP contribution in [0.1, 0.15) is 36.6 Å². The van der Waals surface area contributed by atoms with Crippen LogP contribution in [-0.4, -0.2) is 27.7 Å². The lowest BCUT2D eigenvalue weighted by molar-refractivity contribution is -0.111. The number of carbonyl (C=O) groups is 1. The zero-order valence-corrected chi connectivity index (χ0v) is 20.0. The number of benzene rings is 3. The third kappa shape index (κ3) is 7.43. The smallest absolute Gasteiger partial charge is 0.200 e. The molecule has 1 aliphatic carbocycles. The van der Waals surface area contributed by atoms with Crippen molar-refractivity contribution >= 4 is 11.4 Å². The SMILES string of the molecule is C.C=C1C(=O)C(c2ccc(C)cc2)=C1O.CCOc1cc(C)ccc1O.Cc1cc(F)c(O)c(F)c1. The Morgan fingerprint density at radius 1 is 0.833 bits per heavy atom. The molecular formula is C29H32F2O5. The van der Waals surface area contributed by atoms with Gasteiger partial charge in [-0.25, -0.2) is 8.78 Å². The highest BCUT2D eigenvalue weighted by molar-refractivity contribution is 6.38. The summed E-state index contributed by atoms with van der Waals surface area (Å²) < 4.78 is 29.9. The lowest BCUT2D eigenvalue weighted by Gasteiger charge is -2.19. The van der Waals surface area contributed by atoms with Crippen LogP contribution in [0, 0.1) is 32.4 Å². The van der Waals surface area contributed by atoms with Gasteiger partial charge in [-0.15, -0.1) is 0 Å². The number of carbonyl (C=O) groups excluding carboxylic acids is 1. The fraction of sp³-hybridized carbons (Fsp3) is 0.207. The zero-order valence-electron chi connectivity index (χ0n) is 20.0. The molecule has 0 aliphatic heterocycles. The molecule has 0 spiro atoms. The number of ketones is 1. The molecule has 5 nitrogen and oxygen atoms in total. The molecule has 7 heteroatoms. The Balaban J connectivity index is 0.000000271. The number of aliphatic hydroxyl groups excluding tert-OH is 1. The summed E-state index contributed by atoms with van der Waals surface area (Å²) in [4.78, 5) is 11.3. The molecule has 3 aromatic rings. The molecule has 0 atom stereocenters. The van der Waals surface area contributed by atoms with E-state index in [-0.39, 0.29) is 30.3 Å². The highest BCUT2D eigenvalue weighted by Gasteiger charge is 2.32. The molecule has 3 N–H and O–H groups in total. The average Bonchev–Trinajstić information content (AvgIpc) is 2.82. The van der Waals surface area contributed by atoms with E-state index in [1.54, 1.807) is 13.0 Å². The van der Waals surface area contributed by atoms with E-state index in [0.29, 0.717) is 23.5 Å². The van der Waals surface area contributed by atoms with Crippen LogP contribution in [-0.2, 0) is 4.79 Å². The van der Waals surface area contributed by atoms with Crippen molar-refractivity contribution < 1.29 is 33.6 Å². The van der Waals surface area contributed by atoms with E-state index >= 15 is 0 Å². The maximum atomic E-state index is 12.4. The van der Waals surface area contributed by atoms with E-state index in [1.165, 1.54) is 0 Å². The number of aromatic hydroxyl groups is 2. The Hall–Kier alpha value is -4.13. The Bertz CT molecular complexity index is 1240. The quantitative estimate of drug-likeness (QED) is 0.335. The molecule has 0 bridgehead atoms. The van der Waals surface area contributed by atoms with Crippen LogP contribution in [0.25, 0.3) is 5.57 Å². The molecule has 3 aromatic carbocycles. The van der Waals surface area contributed by atoms with Crippen LogP contribution in [0.5, 0.6) is 17.2 Å². The monoisotopic (exact) mass is 498 g/mol. The summed E-state index contributed by atoms with van der Waals surface area (Å²) in [5, 5.41) is 27.3. The van der Waals surface area contributed by atoms with Gasteiger partial charge in [-0.2, -0.15) is 0 Å². The van der Waals surface area contributed by atoms with Crippen molar-refractivity contribution in [3.63, 3.8) is 0 Å². The Labute approximate surface area is 210 Å². The van der Waals surface area contributed by atoms with Crippen LogP contribution < -0.4 is 4.74 Å². The Kier molecular flexibility index (Phi) is 10.9. The first-order valence-electron chi connectivity index (χ1n) is 10.8. The maximum absolute atomic E-state index is 12.4. The summed E-state index contributed by atoms with van der Waals surface area (Å²) in [5.74, 6) is -2.12. The standard InChI is InChI=1S/C12H10O2.C9H12O2.C7H6F2O.CH4/c1-7-3-5-9(6-4-7)10-11(13)8(2)12(10)14;1-3-11-9-6-7(2)4-5-8(9)10;1-4-2-5(8)7(10)6(9)3-4;/h3-6,13H,2H2,1H3;4-6,10H,3H2,1-2H3;2-3,10H,1H3;1H4. The van der Waals surface area contributed by atoms with E-state index in [4.69, 9.17) is 9.84 Å². The highest BCUT2D eigenvalue weighted by Crippen LogP contribution is 2.34. The number of halogens is 2. The molecular weight excluding hydrogens is 466 g/mol. The molecule has 1 aliphatic rings. The summed E-state index contributed by atoms with van der Waals surface area (Å²) in [6.07, 6.45) is 0. The molecule has 0 fully saturated rings. The van der Waals surface area contributed by atoms with Crippen LogP contribution in [0.2, 0.25) is 0 Å². The van der Waals surface area contributed by atoms with Gasteiger partial charge in [0.05, 0.1) is 17.8 Å². The number of rotatable bonds is 3. The first-order chi connectivity index (χ1) is 16.5. The molecule has 0 heterocycles. The number of aryl methyl sites for hydroxylation is 3. The summed E-state index contributed by atoms with van der Waals surface area (Å²) in [7, 11) is 0. The summed E-state index contributed by atoms with van der Waals surface area (Å²) >= 11 is 0. The molecule has 0 unspecified atom stereocenters. The molecule has 0 saturated carbocycles. The topological polar surface area (TPSA) is 87.0 Å². The molecule has 0 radical (unpaired) electrons. The van der Waals surface area contributed by atoms with Crippen molar-refractivity contribution in [2.75, 3.05) is 6.61 Å². The number of phenolic OH excluding ortho intramolecular Hbond substituents is 2. The van der Waals surface area contributed by atoms with Gasteiger partial charge in [0.1, 0.15) is 5.76 Å². The second kappa shape index (κ2) is 13.1. The number of hydrogen-bond acceptors (Lipinski definition) is 5. The predicted octanol–water partition coefficient (Wildman–Crippen LogP) is 7.12. The number of phenols is 2. The molecule has 4 rings (SSSR count). The second-order valence-corrected chi connectivity index (χ2v) is 7.88. The van der Waals surface area contributed by atoms with Gasteiger partial charge in [-0.1, -0.05) is 49.9 Å². The lowest BCUT2D eigenvalue weighted by atomic mass is 9.84. The van der Waals surface area contributed by atoms with Crippen molar-refractivity contribution in [3.05, 3.63) is 106 Å². The van der Waals surface area contributed by atoms with E-state index in [2.05, 4.69) is 6.58 Å². The zero-order chi connectivity index (χ0) is 26.3. The van der Waals surface area contributed by atoms with E-state index < -0.39 is 17.4 Å². The van der Waals surface area contributed by atoms with Gasteiger partial charge < -0.3 is 20.1 Å². The summed E-state index contributed by atoms with van der Waals surface area (Å²) in [5.41, 5.74) is 4.01. The van der Waals surface area contributed by atoms with E-state index in [1.807, 2.05) is 57.2 Å². The number of Topliss-reactive ketones (excluding diaryl/α,β-unsaturated/α-hetero) is 1. The minimum absolute atomic E-state index is 0. The van der Waals surface area contributed by atoms with E-state index in [0.717, 1.165) is 28.8 Å². The van der Waals surface area contributed by atoms with E-state index in [9.17, 15) is 23.8 Å². The van der Waals surface area contributed by atoms with Crippen molar-refractivity contribution in [1.29, 1.82) is 0 Å². The van der Waals surface area contributed by atoms with Gasteiger partial charge in [0.25, 0.3) is 0 Å². The number of hydrogen-bond donors (Lipinski definition) is 3. The Morgan fingerprint density at radius 3 is 1.86 bits per heavy atom. The average molecular weight is 499 g/mol. The van der Waals surface area contributed by atoms with Gasteiger partial charge in [-0.05, 0) is 68.7 Å². The van der Waals surface area contributed by atoms with Crippen molar-refractivity contribution in [3.8, 4) is 17.2 Å².